The second kappa shape index (κ2) is 6.12. The molecule has 4 nitrogen and oxygen atoms in total. The standard InChI is InChI=1S/C17H13ClO4/c1-20-15-9-17-16(21-10-22-17)8-12(15)14(19)7-6-11-4-2-3-5-13(11)18/h2-9H,10H2,1H3. The van der Waals surface area contributed by atoms with Crippen molar-refractivity contribution in [3.05, 3.63) is 58.6 Å². The van der Waals surface area contributed by atoms with Crippen molar-refractivity contribution in [2.75, 3.05) is 13.9 Å². The number of carbonyl (C=O) groups is 1. The van der Waals surface area contributed by atoms with Crippen molar-refractivity contribution < 1.29 is 19.0 Å². The van der Waals surface area contributed by atoms with E-state index in [0.717, 1.165) is 5.56 Å². The van der Waals surface area contributed by atoms with Crippen molar-refractivity contribution in [3.8, 4) is 17.2 Å². The van der Waals surface area contributed by atoms with Crippen LogP contribution in [0.1, 0.15) is 15.9 Å². The minimum absolute atomic E-state index is 0.144. The number of carbonyl (C=O) groups excluding carboxylic acids is 1. The van der Waals surface area contributed by atoms with Crippen molar-refractivity contribution in [1.82, 2.24) is 0 Å². The molecule has 0 aliphatic carbocycles. The Morgan fingerprint density at radius 1 is 1.23 bits per heavy atom. The predicted molar refractivity (Wildman–Crippen MR) is 83.9 cm³/mol. The Bertz CT molecular complexity index is 752. The normalized spacial score (nSPS) is 12.6. The van der Waals surface area contributed by atoms with Crippen LogP contribution in [-0.4, -0.2) is 19.7 Å². The van der Waals surface area contributed by atoms with Crippen molar-refractivity contribution in [1.29, 1.82) is 0 Å². The highest BCUT2D eigenvalue weighted by molar-refractivity contribution is 6.32. The molecule has 0 fully saturated rings. The Labute approximate surface area is 132 Å². The molecule has 3 rings (SSSR count). The second-order valence-corrected chi connectivity index (χ2v) is 5.03. The number of halogens is 1. The molecule has 112 valence electrons. The summed E-state index contributed by atoms with van der Waals surface area (Å²) >= 11 is 6.07. The zero-order chi connectivity index (χ0) is 15.5. The van der Waals surface area contributed by atoms with Gasteiger partial charge in [-0.25, -0.2) is 0 Å². The fourth-order valence-corrected chi connectivity index (χ4v) is 2.35. The van der Waals surface area contributed by atoms with Crippen LogP contribution in [0, 0.1) is 0 Å². The number of rotatable bonds is 4. The molecule has 0 aromatic heterocycles. The maximum Gasteiger partial charge on any atom is 0.231 e. The van der Waals surface area contributed by atoms with Crippen LogP contribution in [0.25, 0.3) is 6.08 Å². The second-order valence-electron chi connectivity index (χ2n) is 4.62. The maximum atomic E-state index is 12.4. The van der Waals surface area contributed by atoms with Crippen molar-refractivity contribution in [2.45, 2.75) is 0 Å². The molecule has 0 unspecified atom stereocenters. The first-order valence-corrected chi connectivity index (χ1v) is 7.01. The van der Waals surface area contributed by atoms with Crippen LogP contribution in [0.2, 0.25) is 5.02 Å². The third-order valence-electron chi connectivity index (χ3n) is 3.28. The lowest BCUT2D eigenvalue weighted by atomic mass is 10.1. The van der Waals surface area contributed by atoms with Crippen LogP contribution in [0.3, 0.4) is 0 Å². The van der Waals surface area contributed by atoms with Crippen molar-refractivity contribution in [3.63, 3.8) is 0 Å². The lowest BCUT2D eigenvalue weighted by Crippen LogP contribution is -1.99. The van der Waals surface area contributed by atoms with E-state index in [9.17, 15) is 4.79 Å². The summed E-state index contributed by atoms with van der Waals surface area (Å²) in [6, 6.07) is 10.6. The fourth-order valence-electron chi connectivity index (χ4n) is 2.15. The Hall–Kier alpha value is -2.46. The third kappa shape index (κ3) is 2.78. The first-order chi connectivity index (χ1) is 10.7. The molecule has 0 radical (unpaired) electrons. The molecule has 2 aromatic carbocycles. The van der Waals surface area contributed by atoms with E-state index in [1.165, 1.54) is 13.2 Å². The number of benzene rings is 2. The number of hydrogen-bond donors (Lipinski definition) is 0. The molecule has 0 saturated heterocycles. The Morgan fingerprint density at radius 3 is 2.68 bits per heavy atom. The summed E-state index contributed by atoms with van der Waals surface area (Å²) in [5, 5.41) is 0.587. The SMILES string of the molecule is COc1cc2c(cc1C(=O)C=Cc1ccccc1Cl)OCO2. The van der Waals surface area contributed by atoms with E-state index >= 15 is 0 Å². The van der Waals surface area contributed by atoms with Gasteiger partial charge in [-0.3, -0.25) is 4.79 Å². The summed E-state index contributed by atoms with van der Waals surface area (Å²) in [7, 11) is 1.51. The zero-order valence-electron chi connectivity index (χ0n) is 11.8. The molecule has 0 atom stereocenters. The highest BCUT2D eigenvalue weighted by atomic mass is 35.5. The van der Waals surface area contributed by atoms with Gasteiger partial charge in [-0.2, -0.15) is 0 Å². The van der Waals surface area contributed by atoms with Crippen LogP contribution in [0.5, 0.6) is 17.2 Å². The molecule has 0 amide bonds. The zero-order valence-corrected chi connectivity index (χ0v) is 12.6. The quantitative estimate of drug-likeness (QED) is 0.632. The van der Waals surface area contributed by atoms with Gasteiger partial charge in [0.25, 0.3) is 0 Å². The number of ether oxygens (including phenoxy) is 3. The molecule has 0 spiro atoms. The lowest BCUT2D eigenvalue weighted by molar-refractivity contribution is 0.104. The molecule has 0 N–H and O–H groups in total. The van der Waals surface area contributed by atoms with Gasteiger partial charge in [-0.15, -0.1) is 0 Å². The minimum Gasteiger partial charge on any atom is -0.496 e. The van der Waals surface area contributed by atoms with Gasteiger partial charge in [-0.1, -0.05) is 29.8 Å². The van der Waals surface area contributed by atoms with E-state index in [2.05, 4.69) is 0 Å². The molecule has 1 aliphatic rings. The van der Waals surface area contributed by atoms with Crippen LogP contribution < -0.4 is 14.2 Å². The van der Waals surface area contributed by atoms with E-state index in [-0.39, 0.29) is 12.6 Å². The van der Waals surface area contributed by atoms with Crippen molar-refractivity contribution in [2.24, 2.45) is 0 Å². The van der Waals surface area contributed by atoms with Gasteiger partial charge >= 0.3 is 0 Å². The first kappa shape index (κ1) is 14.5. The van der Waals surface area contributed by atoms with Gasteiger partial charge in [0, 0.05) is 11.1 Å². The Morgan fingerprint density at radius 2 is 1.95 bits per heavy atom. The van der Waals surface area contributed by atoms with Gasteiger partial charge in [-0.05, 0) is 29.8 Å². The van der Waals surface area contributed by atoms with Gasteiger partial charge in [0.05, 0.1) is 12.7 Å². The minimum atomic E-state index is -0.199. The lowest BCUT2D eigenvalue weighted by Gasteiger charge is -2.07. The summed E-state index contributed by atoms with van der Waals surface area (Å²) in [5.41, 5.74) is 1.19. The van der Waals surface area contributed by atoms with Crippen LogP contribution in [-0.2, 0) is 0 Å². The molecule has 1 aliphatic heterocycles. The smallest absolute Gasteiger partial charge is 0.231 e. The Balaban J connectivity index is 1.91. The molecule has 1 heterocycles. The highest BCUT2D eigenvalue weighted by Gasteiger charge is 2.20. The van der Waals surface area contributed by atoms with Crippen LogP contribution >= 0.6 is 11.6 Å². The fraction of sp³-hybridized carbons (Fsp3) is 0.118. The molecule has 0 bridgehead atoms. The summed E-state index contributed by atoms with van der Waals surface area (Å²) < 4.78 is 15.8. The summed E-state index contributed by atoms with van der Waals surface area (Å²) in [5.74, 6) is 1.35. The number of fused-ring (bicyclic) bond motifs is 1. The van der Waals surface area contributed by atoms with E-state index in [4.69, 9.17) is 25.8 Å². The molecule has 22 heavy (non-hydrogen) atoms. The summed E-state index contributed by atoms with van der Waals surface area (Å²) in [6.07, 6.45) is 3.13. The molecule has 2 aromatic rings. The molecule has 0 saturated carbocycles. The Kier molecular flexibility index (Phi) is 4.02. The van der Waals surface area contributed by atoms with Crippen molar-refractivity contribution >= 4 is 23.5 Å². The number of ketones is 1. The summed E-state index contributed by atoms with van der Waals surface area (Å²) in [4.78, 5) is 12.4. The predicted octanol–water partition coefficient (Wildman–Crippen LogP) is 3.97. The van der Waals surface area contributed by atoms with Gasteiger partial charge in [0.1, 0.15) is 5.75 Å². The summed E-state index contributed by atoms with van der Waals surface area (Å²) in [6.45, 7) is 0.144. The average Bonchev–Trinajstić information content (AvgIpc) is 2.99. The number of methoxy groups -OCH3 is 1. The molecular weight excluding hydrogens is 304 g/mol. The first-order valence-electron chi connectivity index (χ1n) is 6.63. The largest absolute Gasteiger partial charge is 0.496 e. The van der Waals surface area contributed by atoms with Crippen LogP contribution in [0.4, 0.5) is 0 Å². The van der Waals surface area contributed by atoms with Gasteiger partial charge in [0.2, 0.25) is 6.79 Å². The van der Waals surface area contributed by atoms with Crippen LogP contribution in [0.15, 0.2) is 42.5 Å². The van der Waals surface area contributed by atoms with E-state index in [1.54, 1.807) is 24.3 Å². The maximum absolute atomic E-state index is 12.4. The highest BCUT2D eigenvalue weighted by Crippen LogP contribution is 2.38. The third-order valence-corrected chi connectivity index (χ3v) is 3.62. The van der Waals surface area contributed by atoms with Gasteiger partial charge < -0.3 is 14.2 Å². The number of hydrogen-bond acceptors (Lipinski definition) is 4. The van der Waals surface area contributed by atoms with Gasteiger partial charge in [0.15, 0.2) is 17.3 Å². The molecular formula is C17H13ClO4. The van der Waals surface area contributed by atoms with E-state index < -0.39 is 0 Å². The van der Waals surface area contributed by atoms with E-state index in [1.807, 2.05) is 18.2 Å². The average molecular weight is 317 g/mol. The number of allylic oxidation sites excluding steroid dienone is 1. The molecule has 5 heteroatoms. The monoisotopic (exact) mass is 316 g/mol. The topological polar surface area (TPSA) is 44.8 Å². The van der Waals surface area contributed by atoms with E-state index in [0.29, 0.717) is 27.8 Å².